The number of nitrogens with zero attached hydrogens (tertiary/aromatic N) is 1. The molecule has 1 aliphatic heterocycles. The number of hydrogen-bond donors (Lipinski definition) is 1. The van der Waals surface area contributed by atoms with Gasteiger partial charge in [0.2, 0.25) is 0 Å². The molecule has 1 fully saturated rings. The van der Waals surface area contributed by atoms with E-state index in [2.05, 4.69) is 23.7 Å². The average Bonchev–Trinajstić information content (AvgIpc) is 2.20. The van der Waals surface area contributed by atoms with Crippen LogP contribution in [0.4, 0.5) is 0 Å². The van der Waals surface area contributed by atoms with Gasteiger partial charge in [-0.05, 0) is 45.8 Å². The van der Waals surface area contributed by atoms with Crippen molar-refractivity contribution in [2.75, 3.05) is 26.2 Å². The predicted molar refractivity (Wildman–Crippen MR) is 62.6 cm³/mol. The summed E-state index contributed by atoms with van der Waals surface area (Å²) in [6.45, 7) is 10.9. The molecule has 1 rings (SSSR count). The third-order valence-corrected chi connectivity index (χ3v) is 2.82. The van der Waals surface area contributed by atoms with Gasteiger partial charge in [-0.2, -0.15) is 0 Å². The summed E-state index contributed by atoms with van der Waals surface area (Å²) in [6.07, 6.45) is 7.25. The molecule has 0 spiro atoms. The number of rotatable bonds is 6. The molecule has 0 saturated carbocycles. The monoisotopic (exact) mass is 196 g/mol. The number of hydrogen-bond acceptors (Lipinski definition) is 2. The van der Waals surface area contributed by atoms with Crippen molar-refractivity contribution in [1.29, 1.82) is 0 Å². The third-order valence-electron chi connectivity index (χ3n) is 2.82. The van der Waals surface area contributed by atoms with Crippen LogP contribution in [0.15, 0.2) is 12.7 Å². The maximum Gasteiger partial charge on any atom is 0.0166 e. The maximum atomic E-state index is 3.72. The van der Waals surface area contributed by atoms with Crippen LogP contribution in [0.5, 0.6) is 0 Å². The van der Waals surface area contributed by atoms with Crippen LogP contribution < -0.4 is 5.32 Å². The highest BCUT2D eigenvalue weighted by Gasteiger charge is 2.12. The first kappa shape index (κ1) is 11.7. The van der Waals surface area contributed by atoms with Crippen molar-refractivity contribution in [3.63, 3.8) is 0 Å². The zero-order valence-electron chi connectivity index (χ0n) is 9.47. The van der Waals surface area contributed by atoms with Crippen LogP contribution in [0.1, 0.15) is 32.6 Å². The Morgan fingerprint density at radius 2 is 2.07 bits per heavy atom. The summed E-state index contributed by atoms with van der Waals surface area (Å²) in [4.78, 5) is 2.58. The lowest BCUT2D eigenvalue weighted by Gasteiger charge is -2.29. The van der Waals surface area contributed by atoms with E-state index in [4.69, 9.17) is 0 Å². The molecule has 1 atom stereocenters. The van der Waals surface area contributed by atoms with Crippen molar-refractivity contribution >= 4 is 0 Å². The zero-order chi connectivity index (χ0) is 10.2. The van der Waals surface area contributed by atoms with E-state index in [1.165, 1.54) is 38.9 Å². The quantitative estimate of drug-likeness (QED) is 0.516. The largest absolute Gasteiger partial charge is 0.313 e. The molecular formula is C12H24N2. The second-order valence-electron chi connectivity index (χ2n) is 4.29. The van der Waals surface area contributed by atoms with Gasteiger partial charge >= 0.3 is 0 Å². The van der Waals surface area contributed by atoms with E-state index in [1.807, 2.05) is 6.08 Å². The van der Waals surface area contributed by atoms with Gasteiger partial charge in [0.1, 0.15) is 0 Å². The Kier molecular flexibility index (Phi) is 5.88. The Hall–Kier alpha value is -0.340. The van der Waals surface area contributed by atoms with Crippen LogP contribution >= 0.6 is 0 Å². The minimum atomic E-state index is 0.619. The highest BCUT2D eigenvalue weighted by molar-refractivity contribution is 4.73. The molecule has 1 N–H and O–H groups in total. The van der Waals surface area contributed by atoms with E-state index in [0.29, 0.717) is 6.04 Å². The Morgan fingerprint density at radius 1 is 1.36 bits per heavy atom. The zero-order valence-corrected chi connectivity index (χ0v) is 9.47. The maximum absolute atomic E-state index is 3.72. The van der Waals surface area contributed by atoms with Gasteiger partial charge in [-0.15, -0.1) is 6.58 Å². The molecule has 0 aromatic rings. The standard InChI is InChI=1S/C12H24N2/c1-3-4-8-13-12(2)11-14-9-6-5-7-10-14/h3,12-13H,1,4-11H2,2H3. The van der Waals surface area contributed by atoms with Crippen LogP contribution in [0.25, 0.3) is 0 Å². The van der Waals surface area contributed by atoms with Gasteiger partial charge in [0.05, 0.1) is 0 Å². The minimum Gasteiger partial charge on any atom is -0.313 e. The summed E-state index contributed by atoms with van der Waals surface area (Å²) in [5.41, 5.74) is 0. The average molecular weight is 196 g/mol. The predicted octanol–water partition coefficient (Wildman–Crippen LogP) is 2.03. The highest BCUT2D eigenvalue weighted by atomic mass is 15.1. The third kappa shape index (κ3) is 4.77. The van der Waals surface area contributed by atoms with Crippen LogP contribution in [-0.2, 0) is 0 Å². The summed E-state index contributed by atoms with van der Waals surface area (Å²) in [7, 11) is 0. The van der Waals surface area contributed by atoms with Crippen LogP contribution in [0.2, 0.25) is 0 Å². The fourth-order valence-corrected chi connectivity index (χ4v) is 2.03. The molecule has 82 valence electrons. The molecule has 2 nitrogen and oxygen atoms in total. The second kappa shape index (κ2) is 7.02. The van der Waals surface area contributed by atoms with Crippen LogP contribution in [0.3, 0.4) is 0 Å². The van der Waals surface area contributed by atoms with E-state index in [-0.39, 0.29) is 0 Å². The molecule has 1 aliphatic rings. The fourth-order valence-electron chi connectivity index (χ4n) is 2.03. The first-order valence-corrected chi connectivity index (χ1v) is 5.89. The van der Waals surface area contributed by atoms with Gasteiger partial charge in [0, 0.05) is 12.6 Å². The van der Waals surface area contributed by atoms with Crippen molar-refractivity contribution in [1.82, 2.24) is 10.2 Å². The molecule has 2 heteroatoms. The smallest absolute Gasteiger partial charge is 0.0166 e. The van der Waals surface area contributed by atoms with Crippen molar-refractivity contribution < 1.29 is 0 Å². The Balaban J connectivity index is 2.05. The molecule has 0 aliphatic carbocycles. The lowest BCUT2D eigenvalue weighted by molar-refractivity contribution is 0.209. The molecule has 0 radical (unpaired) electrons. The number of likely N-dealkylation sites (tertiary alicyclic amines) is 1. The molecular weight excluding hydrogens is 172 g/mol. The van der Waals surface area contributed by atoms with Gasteiger partial charge in [-0.25, -0.2) is 0 Å². The molecule has 1 saturated heterocycles. The lowest BCUT2D eigenvalue weighted by atomic mass is 10.1. The topological polar surface area (TPSA) is 15.3 Å². The van der Waals surface area contributed by atoms with E-state index in [9.17, 15) is 0 Å². The summed E-state index contributed by atoms with van der Waals surface area (Å²) >= 11 is 0. The molecule has 1 unspecified atom stereocenters. The summed E-state index contributed by atoms with van der Waals surface area (Å²) in [5.74, 6) is 0. The minimum absolute atomic E-state index is 0.619. The molecule has 14 heavy (non-hydrogen) atoms. The van der Waals surface area contributed by atoms with Crippen molar-refractivity contribution in [3.05, 3.63) is 12.7 Å². The van der Waals surface area contributed by atoms with E-state index < -0.39 is 0 Å². The van der Waals surface area contributed by atoms with Gasteiger partial charge in [0.25, 0.3) is 0 Å². The second-order valence-corrected chi connectivity index (χ2v) is 4.29. The SMILES string of the molecule is C=CCCNC(C)CN1CCCCC1. The molecule has 0 aromatic carbocycles. The Labute approximate surface area is 88.4 Å². The van der Waals surface area contributed by atoms with Crippen LogP contribution in [0, 0.1) is 0 Å². The lowest BCUT2D eigenvalue weighted by Crippen LogP contribution is -2.41. The first-order chi connectivity index (χ1) is 6.83. The van der Waals surface area contributed by atoms with Crippen LogP contribution in [-0.4, -0.2) is 37.1 Å². The van der Waals surface area contributed by atoms with Crippen molar-refractivity contribution in [3.8, 4) is 0 Å². The first-order valence-electron chi connectivity index (χ1n) is 5.89. The molecule has 0 amide bonds. The van der Waals surface area contributed by atoms with Gasteiger partial charge < -0.3 is 10.2 Å². The van der Waals surface area contributed by atoms with E-state index in [0.717, 1.165) is 13.0 Å². The molecule has 1 heterocycles. The summed E-state index contributed by atoms with van der Waals surface area (Å²) in [6, 6.07) is 0.619. The van der Waals surface area contributed by atoms with Gasteiger partial charge in [-0.1, -0.05) is 12.5 Å². The van der Waals surface area contributed by atoms with Gasteiger partial charge in [0.15, 0.2) is 0 Å². The van der Waals surface area contributed by atoms with Crippen molar-refractivity contribution in [2.45, 2.75) is 38.6 Å². The summed E-state index contributed by atoms with van der Waals surface area (Å²) < 4.78 is 0. The van der Waals surface area contributed by atoms with E-state index in [1.54, 1.807) is 0 Å². The fraction of sp³-hybridized carbons (Fsp3) is 0.833. The number of piperidine rings is 1. The van der Waals surface area contributed by atoms with Gasteiger partial charge in [-0.3, -0.25) is 0 Å². The number of nitrogens with one attached hydrogen (secondary N) is 1. The molecule has 0 aromatic heterocycles. The van der Waals surface area contributed by atoms with Crippen molar-refractivity contribution in [2.24, 2.45) is 0 Å². The Morgan fingerprint density at radius 3 is 2.71 bits per heavy atom. The highest BCUT2D eigenvalue weighted by Crippen LogP contribution is 2.08. The summed E-state index contributed by atoms with van der Waals surface area (Å²) in [5, 5.41) is 3.52. The molecule has 0 bridgehead atoms. The normalized spacial score (nSPS) is 20.6. The van der Waals surface area contributed by atoms with E-state index >= 15 is 0 Å². The Bertz CT molecular complexity index is 150.